The molecule has 0 amide bonds. The Morgan fingerprint density at radius 3 is 2.55 bits per heavy atom. The van der Waals surface area contributed by atoms with E-state index >= 15 is 0 Å². The van der Waals surface area contributed by atoms with Crippen LogP contribution in [0.25, 0.3) is 0 Å². The van der Waals surface area contributed by atoms with E-state index in [1.54, 1.807) is 0 Å². The first-order chi connectivity index (χ1) is 10.3. The minimum absolute atomic E-state index is 0.0259. The smallest absolute Gasteiger partial charge is 0.199 e. The van der Waals surface area contributed by atoms with Crippen LogP contribution in [-0.2, 0) is 9.84 Å². The molecule has 116 valence electrons. The normalized spacial score (nSPS) is 15.0. The molecule has 0 saturated heterocycles. The number of aromatic nitrogens is 1. The average molecular weight is 360 g/mol. The van der Waals surface area contributed by atoms with Gasteiger partial charge in [0.05, 0.1) is 26.7 Å². The van der Waals surface area contributed by atoms with E-state index in [9.17, 15) is 13.2 Å². The number of rotatable bonds is 4. The molecule has 1 saturated carbocycles. The Labute approximate surface area is 137 Å². The third kappa shape index (κ3) is 2.66. The highest BCUT2D eigenvalue weighted by molar-refractivity contribution is 7.91. The van der Waals surface area contributed by atoms with Crippen LogP contribution in [0.2, 0.25) is 10.0 Å². The molecule has 22 heavy (non-hydrogen) atoms. The molecule has 1 aliphatic carbocycles. The number of halogens is 2. The van der Waals surface area contributed by atoms with Crippen molar-refractivity contribution >= 4 is 38.8 Å². The van der Waals surface area contributed by atoms with E-state index in [4.69, 9.17) is 27.7 Å². The van der Waals surface area contributed by atoms with Crippen LogP contribution < -0.4 is 0 Å². The number of hydrogen-bond donors (Lipinski definition) is 0. The van der Waals surface area contributed by atoms with Gasteiger partial charge < -0.3 is 4.52 Å². The van der Waals surface area contributed by atoms with Crippen LogP contribution in [0.3, 0.4) is 0 Å². The predicted molar refractivity (Wildman–Crippen MR) is 81.5 cm³/mol. The molecule has 0 aliphatic heterocycles. The number of hydrogen-bond acceptors (Lipinski definition) is 5. The minimum atomic E-state index is -3.73. The lowest BCUT2D eigenvalue weighted by atomic mass is 10.0. The van der Waals surface area contributed by atoms with E-state index in [-0.39, 0.29) is 32.0 Å². The second-order valence-electron chi connectivity index (χ2n) is 5.22. The van der Waals surface area contributed by atoms with Gasteiger partial charge in [0.25, 0.3) is 0 Å². The quantitative estimate of drug-likeness (QED) is 0.780. The summed E-state index contributed by atoms with van der Waals surface area (Å²) in [5.41, 5.74) is 0.243. The highest BCUT2D eigenvalue weighted by Gasteiger charge is 2.34. The number of benzene rings is 1. The summed E-state index contributed by atoms with van der Waals surface area (Å²) in [5, 5.41) is 3.58. The van der Waals surface area contributed by atoms with E-state index in [2.05, 4.69) is 5.16 Å². The molecule has 3 rings (SSSR count). The lowest BCUT2D eigenvalue weighted by Crippen LogP contribution is -2.11. The lowest BCUT2D eigenvalue weighted by Gasteiger charge is -2.10. The molecule has 0 unspecified atom stereocenters. The number of carbonyl (C=O) groups excluding carboxylic acids is 1. The summed E-state index contributed by atoms with van der Waals surface area (Å²) in [5.74, 6) is 0.184. The van der Waals surface area contributed by atoms with Crippen molar-refractivity contribution in [3.63, 3.8) is 0 Å². The molecular formula is C14H11Cl2NO4S. The molecule has 2 aromatic rings. The second-order valence-corrected chi connectivity index (χ2v) is 7.96. The van der Waals surface area contributed by atoms with E-state index in [1.807, 2.05) is 0 Å². The summed E-state index contributed by atoms with van der Waals surface area (Å²) in [6, 6.07) is 2.76. The zero-order chi connectivity index (χ0) is 16.1. The number of ketones is 1. The fourth-order valence-electron chi connectivity index (χ4n) is 2.28. The van der Waals surface area contributed by atoms with Crippen LogP contribution in [0, 0.1) is 0 Å². The minimum Gasteiger partial charge on any atom is -0.360 e. The Kier molecular flexibility index (Phi) is 3.79. The van der Waals surface area contributed by atoms with Crippen LogP contribution in [0.4, 0.5) is 0 Å². The molecule has 1 aromatic carbocycles. The first-order valence-corrected chi connectivity index (χ1v) is 9.12. The van der Waals surface area contributed by atoms with Gasteiger partial charge in [0, 0.05) is 17.7 Å². The summed E-state index contributed by atoms with van der Waals surface area (Å²) >= 11 is 11.9. The molecule has 0 spiro atoms. The lowest BCUT2D eigenvalue weighted by molar-refractivity contribution is 0.103. The van der Waals surface area contributed by atoms with Crippen molar-refractivity contribution in [3.8, 4) is 0 Å². The van der Waals surface area contributed by atoms with Crippen molar-refractivity contribution in [1.82, 2.24) is 5.16 Å². The van der Waals surface area contributed by atoms with Gasteiger partial charge in [-0.2, -0.15) is 0 Å². The number of nitrogens with zero attached hydrogens (tertiary/aromatic N) is 1. The molecule has 1 aromatic heterocycles. The van der Waals surface area contributed by atoms with Gasteiger partial charge in [-0.3, -0.25) is 4.79 Å². The first kappa shape index (κ1) is 15.5. The SMILES string of the molecule is CS(=O)(=O)c1c(C(=O)c2cnoc2C2CC2)ccc(Cl)c1Cl. The maximum Gasteiger partial charge on any atom is 0.199 e. The Balaban J connectivity index is 2.18. The predicted octanol–water partition coefficient (Wildman–Crippen LogP) is 3.49. The van der Waals surface area contributed by atoms with Crippen molar-refractivity contribution in [1.29, 1.82) is 0 Å². The summed E-state index contributed by atoms with van der Waals surface area (Å²) in [6.45, 7) is 0. The van der Waals surface area contributed by atoms with E-state index in [0.29, 0.717) is 5.76 Å². The highest BCUT2D eigenvalue weighted by atomic mass is 35.5. The van der Waals surface area contributed by atoms with Crippen molar-refractivity contribution in [2.45, 2.75) is 23.7 Å². The molecule has 1 fully saturated rings. The van der Waals surface area contributed by atoms with Crippen molar-refractivity contribution in [3.05, 3.63) is 45.3 Å². The molecule has 0 N–H and O–H groups in total. The van der Waals surface area contributed by atoms with E-state index in [0.717, 1.165) is 19.1 Å². The molecule has 1 heterocycles. The van der Waals surface area contributed by atoms with E-state index < -0.39 is 15.6 Å². The van der Waals surface area contributed by atoms with Gasteiger partial charge in [0.1, 0.15) is 0 Å². The Hall–Kier alpha value is -1.37. The first-order valence-electron chi connectivity index (χ1n) is 6.48. The van der Waals surface area contributed by atoms with Crippen LogP contribution in [0.15, 0.2) is 27.7 Å². The zero-order valence-electron chi connectivity index (χ0n) is 11.5. The highest BCUT2D eigenvalue weighted by Crippen LogP contribution is 2.42. The number of carbonyl (C=O) groups is 1. The summed E-state index contributed by atoms with van der Waals surface area (Å²) < 4.78 is 29.1. The third-order valence-corrected chi connectivity index (χ3v) is 5.54. The van der Waals surface area contributed by atoms with Crippen LogP contribution in [0.5, 0.6) is 0 Å². The molecule has 1 aliphatic rings. The van der Waals surface area contributed by atoms with Crippen LogP contribution in [0.1, 0.15) is 40.4 Å². The van der Waals surface area contributed by atoms with Gasteiger partial charge >= 0.3 is 0 Å². The Morgan fingerprint density at radius 2 is 1.95 bits per heavy atom. The molecule has 0 bridgehead atoms. The standard InChI is InChI=1S/C14H11Cl2NO4S/c1-22(19,20)14-8(4-5-10(15)11(14)16)12(18)9-6-17-21-13(9)7-2-3-7/h4-7H,2-3H2,1H3. The van der Waals surface area contributed by atoms with Crippen LogP contribution >= 0.6 is 23.2 Å². The zero-order valence-corrected chi connectivity index (χ0v) is 13.8. The fourth-order valence-corrected chi connectivity index (χ4v) is 4.07. The summed E-state index contributed by atoms with van der Waals surface area (Å²) in [6.07, 6.45) is 4.15. The second kappa shape index (κ2) is 5.37. The number of sulfone groups is 1. The van der Waals surface area contributed by atoms with Gasteiger partial charge in [0.15, 0.2) is 21.4 Å². The molecule has 0 radical (unpaired) electrons. The van der Waals surface area contributed by atoms with Gasteiger partial charge in [-0.1, -0.05) is 28.4 Å². The van der Waals surface area contributed by atoms with Gasteiger partial charge in [-0.15, -0.1) is 0 Å². The topological polar surface area (TPSA) is 77.2 Å². The molecule has 8 heteroatoms. The van der Waals surface area contributed by atoms with Crippen molar-refractivity contribution in [2.75, 3.05) is 6.26 Å². The maximum absolute atomic E-state index is 12.7. The van der Waals surface area contributed by atoms with Gasteiger partial charge in [-0.25, -0.2) is 8.42 Å². The molecule has 5 nitrogen and oxygen atoms in total. The average Bonchev–Trinajstić information content (AvgIpc) is 3.17. The summed E-state index contributed by atoms with van der Waals surface area (Å²) in [4.78, 5) is 12.5. The van der Waals surface area contributed by atoms with Gasteiger partial charge in [0.2, 0.25) is 0 Å². The monoisotopic (exact) mass is 359 g/mol. The van der Waals surface area contributed by atoms with Gasteiger partial charge in [-0.05, 0) is 25.0 Å². The molecule has 0 atom stereocenters. The Morgan fingerprint density at radius 1 is 1.27 bits per heavy atom. The van der Waals surface area contributed by atoms with E-state index in [1.165, 1.54) is 18.3 Å². The molecular weight excluding hydrogens is 349 g/mol. The summed E-state index contributed by atoms with van der Waals surface area (Å²) in [7, 11) is -3.73. The Bertz CT molecular complexity index is 869. The fraction of sp³-hybridized carbons (Fsp3) is 0.286. The largest absolute Gasteiger partial charge is 0.360 e. The third-order valence-electron chi connectivity index (χ3n) is 3.46. The maximum atomic E-state index is 12.7. The van der Waals surface area contributed by atoms with Crippen molar-refractivity contribution < 1.29 is 17.7 Å². The van der Waals surface area contributed by atoms with Crippen molar-refractivity contribution in [2.24, 2.45) is 0 Å². The van der Waals surface area contributed by atoms with Crippen LogP contribution in [-0.4, -0.2) is 25.6 Å².